The summed E-state index contributed by atoms with van der Waals surface area (Å²) in [6.45, 7) is 4.03. The van der Waals surface area contributed by atoms with Crippen LogP contribution in [0.3, 0.4) is 0 Å². The molecule has 2 heterocycles. The van der Waals surface area contributed by atoms with Crippen LogP contribution in [-0.4, -0.2) is 41.9 Å². The Kier molecular flexibility index (Phi) is 6.13. The number of hydrogen-bond donors (Lipinski definition) is 0. The molecule has 0 radical (unpaired) electrons. The first-order valence-corrected chi connectivity index (χ1v) is 9.29. The molecule has 7 nitrogen and oxygen atoms in total. The number of amides is 2. The van der Waals surface area contributed by atoms with Gasteiger partial charge in [0.2, 0.25) is 5.91 Å². The van der Waals surface area contributed by atoms with Crippen molar-refractivity contribution < 1.29 is 23.5 Å². The number of carbonyl (C=O) groups is 3. The molecule has 28 heavy (non-hydrogen) atoms. The minimum Gasteiger partial charge on any atom is -0.467 e. The van der Waals surface area contributed by atoms with Crippen molar-refractivity contribution in [2.75, 3.05) is 18.1 Å². The van der Waals surface area contributed by atoms with Gasteiger partial charge in [0.15, 0.2) is 6.61 Å². The van der Waals surface area contributed by atoms with Crippen LogP contribution in [0.4, 0.5) is 5.69 Å². The van der Waals surface area contributed by atoms with Gasteiger partial charge in [-0.25, -0.2) is 0 Å². The topological polar surface area (TPSA) is 80.1 Å². The average Bonchev–Trinajstić information content (AvgIpc) is 3.31. The van der Waals surface area contributed by atoms with E-state index in [1.54, 1.807) is 28.2 Å². The van der Waals surface area contributed by atoms with Crippen LogP contribution in [0.25, 0.3) is 0 Å². The van der Waals surface area contributed by atoms with Crippen molar-refractivity contribution in [3.8, 4) is 0 Å². The largest absolute Gasteiger partial charge is 0.467 e. The van der Waals surface area contributed by atoms with Gasteiger partial charge in [-0.05, 0) is 38.1 Å². The summed E-state index contributed by atoms with van der Waals surface area (Å²) >= 11 is 0. The van der Waals surface area contributed by atoms with E-state index in [0.29, 0.717) is 12.3 Å². The fourth-order valence-electron chi connectivity index (χ4n) is 3.31. The quantitative estimate of drug-likeness (QED) is 0.686. The highest BCUT2D eigenvalue weighted by Gasteiger charge is 2.36. The molecule has 1 aromatic carbocycles. The molecule has 0 saturated carbocycles. The Morgan fingerprint density at radius 1 is 1.21 bits per heavy atom. The van der Waals surface area contributed by atoms with Gasteiger partial charge < -0.3 is 19.0 Å². The molecule has 1 fully saturated rings. The zero-order chi connectivity index (χ0) is 20.1. The molecule has 148 valence electrons. The van der Waals surface area contributed by atoms with Crippen molar-refractivity contribution in [2.45, 2.75) is 32.9 Å². The Labute approximate surface area is 163 Å². The van der Waals surface area contributed by atoms with Crippen LogP contribution >= 0.6 is 0 Å². The maximum absolute atomic E-state index is 12.6. The summed E-state index contributed by atoms with van der Waals surface area (Å²) in [4.78, 5) is 40.3. The average molecular weight is 384 g/mol. The fourth-order valence-corrected chi connectivity index (χ4v) is 3.31. The highest BCUT2D eigenvalue weighted by Crippen LogP contribution is 2.22. The number of nitrogens with zero attached hydrogens (tertiary/aromatic N) is 2. The molecule has 2 aromatic rings. The number of anilines is 1. The third-order valence-corrected chi connectivity index (χ3v) is 4.63. The third-order valence-electron chi connectivity index (χ3n) is 4.63. The lowest BCUT2D eigenvalue weighted by atomic mass is 10.1. The second-order valence-corrected chi connectivity index (χ2v) is 7.06. The summed E-state index contributed by atoms with van der Waals surface area (Å²) in [5.74, 6) is -0.864. The Morgan fingerprint density at radius 2 is 1.96 bits per heavy atom. The molecule has 0 aliphatic carbocycles. The van der Waals surface area contributed by atoms with Gasteiger partial charge >= 0.3 is 5.97 Å². The van der Waals surface area contributed by atoms with Gasteiger partial charge in [-0.15, -0.1) is 0 Å². The van der Waals surface area contributed by atoms with E-state index >= 15 is 0 Å². The molecule has 1 saturated heterocycles. The first kappa shape index (κ1) is 19.7. The molecule has 3 rings (SSSR count). The van der Waals surface area contributed by atoms with Crippen molar-refractivity contribution in [2.24, 2.45) is 5.92 Å². The van der Waals surface area contributed by atoms with Gasteiger partial charge in [0.05, 0.1) is 18.7 Å². The molecule has 0 spiro atoms. The van der Waals surface area contributed by atoms with Crippen LogP contribution in [0.2, 0.25) is 0 Å². The van der Waals surface area contributed by atoms with Crippen molar-refractivity contribution >= 4 is 23.5 Å². The van der Waals surface area contributed by atoms with Crippen LogP contribution in [0, 0.1) is 5.92 Å². The van der Waals surface area contributed by atoms with Gasteiger partial charge in [0.1, 0.15) is 5.76 Å². The van der Waals surface area contributed by atoms with E-state index in [0.717, 1.165) is 5.69 Å². The molecule has 7 heteroatoms. The standard InChI is InChI=1S/C21H24N2O5/c1-15(2)23(17-7-4-3-5-8-17)20(25)14-28-21(26)16-11-19(24)22(12-16)13-18-9-6-10-27-18/h3-10,15-16H,11-14H2,1-2H3/t16-/m0/s1. The Balaban J connectivity index is 1.54. The van der Waals surface area contributed by atoms with Crippen molar-refractivity contribution in [3.63, 3.8) is 0 Å². The second kappa shape index (κ2) is 8.73. The zero-order valence-corrected chi connectivity index (χ0v) is 16.0. The minimum absolute atomic E-state index is 0.0783. The van der Waals surface area contributed by atoms with Crippen LogP contribution < -0.4 is 4.90 Å². The Bertz CT molecular complexity index is 817. The lowest BCUT2D eigenvalue weighted by Gasteiger charge is -2.26. The smallest absolute Gasteiger partial charge is 0.311 e. The number of likely N-dealkylation sites (tertiary alicyclic amines) is 1. The van der Waals surface area contributed by atoms with Gasteiger partial charge in [0, 0.05) is 24.7 Å². The Hall–Kier alpha value is -3.09. The van der Waals surface area contributed by atoms with Crippen molar-refractivity contribution in [3.05, 3.63) is 54.5 Å². The molecule has 0 N–H and O–H groups in total. The molecule has 1 atom stereocenters. The van der Waals surface area contributed by atoms with Gasteiger partial charge in [0.25, 0.3) is 5.91 Å². The summed E-state index contributed by atoms with van der Waals surface area (Å²) < 4.78 is 10.5. The SMILES string of the molecule is CC(C)N(C(=O)COC(=O)[C@H]1CC(=O)N(Cc2ccco2)C1)c1ccccc1. The van der Waals surface area contributed by atoms with Crippen molar-refractivity contribution in [1.29, 1.82) is 0 Å². The highest BCUT2D eigenvalue weighted by atomic mass is 16.5. The summed E-state index contributed by atoms with van der Waals surface area (Å²) in [5, 5.41) is 0. The van der Waals surface area contributed by atoms with E-state index in [-0.39, 0.29) is 37.4 Å². The third kappa shape index (κ3) is 4.60. The van der Waals surface area contributed by atoms with Gasteiger partial charge in [-0.3, -0.25) is 14.4 Å². The summed E-state index contributed by atoms with van der Waals surface area (Å²) in [6, 6.07) is 12.7. The maximum atomic E-state index is 12.6. The molecule has 0 unspecified atom stereocenters. The number of carbonyl (C=O) groups excluding carboxylic acids is 3. The molecule has 1 aliphatic rings. The lowest BCUT2D eigenvalue weighted by molar-refractivity contribution is -0.151. The van der Waals surface area contributed by atoms with Gasteiger partial charge in [-0.1, -0.05) is 18.2 Å². The number of benzene rings is 1. The van der Waals surface area contributed by atoms with Crippen LogP contribution in [-0.2, 0) is 25.7 Å². The van der Waals surface area contributed by atoms with E-state index in [2.05, 4.69) is 0 Å². The fraction of sp³-hybridized carbons (Fsp3) is 0.381. The van der Waals surface area contributed by atoms with Crippen LogP contribution in [0.15, 0.2) is 53.1 Å². The number of esters is 1. The second-order valence-electron chi connectivity index (χ2n) is 7.06. The van der Waals surface area contributed by atoms with Crippen LogP contribution in [0.5, 0.6) is 0 Å². The minimum atomic E-state index is -0.570. The Morgan fingerprint density at radius 3 is 2.61 bits per heavy atom. The maximum Gasteiger partial charge on any atom is 0.311 e. The van der Waals surface area contributed by atoms with Crippen LogP contribution in [0.1, 0.15) is 26.0 Å². The number of hydrogen-bond acceptors (Lipinski definition) is 5. The molecule has 1 aromatic heterocycles. The molecule has 2 amide bonds. The number of rotatable bonds is 7. The van der Waals surface area contributed by atoms with E-state index in [9.17, 15) is 14.4 Å². The van der Waals surface area contributed by atoms with E-state index < -0.39 is 11.9 Å². The monoisotopic (exact) mass is 384 g/mol. The number of furan rings is 1. The van der Waals surface area contributed by atoms with E-state index in [1.165, 1.54) is 0 Å². The number of ether oxygens (including phenoxy) is 1. The normalized spacial score (nSPS) is 16.5. The highest BCUT2D eigenvalue weighted by molar-refractivity contribution is 5.96. The molecular formula is C21H24N2O5. The number of para-hydroxylation sites is 1. The molecule has 1 aliphatic heterocycles. The predicted octanol–water partition coefficient (Wildman–Crippen LogP) is 2.61. The predicted molar refractivity (Wildman–Crippen MR) is 102 cm³/mol. The van der Waals surface area contributed by atoms with Crippen molar-refractivity contribution in [1.82, 2.24) is 4.90 Å². The molecular weight excluding hydrogens is 360 g/mol. The zero-order valence-electron chi connectivity index (χ0n) is 16.0. The summed E-state index contributed by atoms with van der Waals surface area (Å²) in [5.41, 5.74) is 0.749. The molecule has 0 bridgehead atoms. The summed E-state index contributed by atoms with van der Waals surface area (Å²) in [7, 11) is 0. The lowest BCUT2D eigenvalue weighted by Crippen LogP contribution is -2.40. The first-order chi connectivity index (χ1) is 13.5. The van der Waals surface area contributed by atoms with E-state index in [4.69, 9.17) is 9.15 Å². The van der Waals surface area contributed by atoms with Gasteiger partial charge in [-0.2, -0.15) is 0 Å². The summed E-state index contributed by atoms with van der Waals surface area (Å²) in [6.07, 6.45) is 1.63. The van der Waals surface area contributed by atoms with E-state index in [1.807, 2.05) is 44.2 Å². The first-order valence-electron chi connectivity index (χ1n) is 9.29.